The van der Waals surface area contributed by atoms with E-state index in [0.717, 1.165) is 0 Å². The lowest BCUT2D eigenvalue weighted by Crippen LogP contribution is -2.12. The number of rotatable bonds is 3. The van der Waals surface area contributed by atoms with E-state index in [1.165, 1.54) is 0 Å². The molecule has 0 aliphatic carbocycles. The van der Waals surface area contributed by atoms with Gasteiger partial charge in [0.15, 0.2) is 5.82 Å². The summed E-state index contributed by atoms with van der Waals surface area (Å²) in [4.78, 5) is 14.7. The molecule has 0 aliphatic heterocycles. The zero-order valence-corrected chi connectivity index (χ0v) is 10.7. The summed E-state index contributed by atoms with van der Waals surface area (Å²) in [5.41, 5.74) is -3.22. The molecule has 1 aromatic carbocycles. The number of hydrogen-bond acceptors (Lipinski definition) is 5. The van der Waals surface area contributed by atoms with Crippen molar-refractivity contribution < 1.29 is 31.3 Å². The van der Waals surface area contributed by atoms with Crippen molar-refractivity contribution in [3.8, 4) is 0 Å². The van der Waals surface area contributed by atoms with E-state index in [4.69, 9.17) is 0 Å². The molecule has 0 fully saturated rings. The molecule has 1 N–H and O–H groups in total. The third kappa shape index (κ3) is 3.46. The molecule has 1 aromatic heterocycles. The van der Waals surface area contributed by atoms with Crippen LogP contribution in [0.4, 0.5) is 43.5 Å². The van der Waals surface area contributed by atoms with Gasteiger partial charge in [-0.1, -0.05) is 0 Å². The number of nitrogens with one attached hydrogen (secondary N) is 1. The fourth-order valence-corrected chi connectivity index (χ4v) is 1.57. The quantitative estimate of drug-likeness (QED) is 0.526. The Labute approximate surface area is 122 Å². The monoisotopic (exact) mass is 338 g/mol. The Hall–Kier alpha value is -2.92. The van der Waals surface area contributed by atoms with Gasteiger partial charge < -0.3 is 5.32 Å². The Morgan fingerprint density at radius 3 is 2.22 bits per heavy atom. The first-order chi connectivity index (χ1) is 10.6. The van der Waals surface area contributed by atoms with Crippen molar-refractivity contribution in [1.29, 1.82) is 0 Å². The van der Waals surface area contributed by atoms with Gasteiger partial charge in [0.1, 0.15) is 0 Å². The van der Waals surface area contributed by atoms with Gasteiger partial charge in [0.25, 0.3) is 23.5 Å². The van der Waals surface area contributed by atoms with Gasteiger partial charge in [0.05, 0.1) is 16.2 Å². The molecule has 122 valence electrons. The first-order valence-corrected chi connectivity index (χ1v) is 5.61. The van der Waals surface area contributed by atoms with Crippen LogP contribution in [0.1, 0.15) is 5.56 Å². The third-order valence-electron chi connectivity index (χ3n) is 2.54. The van der Waals surface area contributed by atoms with Crippen LogP contribution in [0.15, 0.2) is 18.2 Å². The maximum Gasteiger partial charge on any atom is 0.418 e. The molecule has 23 heavy (non-hydrogen) atoms. The molecule has 0 saturated heterocycles. The molecule has 0 unspecified atom stereocenters. The highest BCUT2D eigenvalue weighted by atomic mass is 19.4. The maximum atomic E-state index is 13.3. The molecule has 0 atom stereocenters. The molecule has 2 rings (SSSR count). The summed E-state index contributed by atoms with van der Waals surface area (Å²) >= 11 is 0. The Balaban J connectivity index is 2.52. The van der Waals surface area contributed by atoms with E-state index in [1.807, 2.05) is 0 Å². The summed E-state index contributed by atoms with van der Waals surface area (Å²) < 4.78 is 77.6. The number of anilines is 2. The number of nitrogens with zero attached hydrogens (tertiary/aromatic N) is 3. The summed E-state index contributed by atoms with van der Waals surface area (Å²) in [5.74, 6) is -6.49. The fraction of sp³-hybridized carbons (Fsp3) is 0.0909. The Bertz CT molecular complexity index is 780. The van der Waals surface area contributed by atoms with E-state index >= 15 is 0 Å². The summed E-state index contributed by atoms with van der Waals surface area (Å²) in [6.45, 7) is 0. The second-order valence-electron chi connectivity index (χ2n) is 4.05. The molecule has 0 spiro atoms. The Morgan fingerprint density at radius 1 is 1.04 bits per heavy atom. The summed E-state index contributed by atoms with van der Waals surface area (Å²) in [5, 5.41) is 12.3. The van der Waals surface area contributed by atoms with E-state index < -0.39 is 51.7 Å². The van der Waals surface area contributed by atoms with Crippen LogP contribution in [0, 0.1) is 28.0 Å². The number of benzene rings is 1. The van der Waals surface area contributed by atoms with Gasteiger partial charge >= 0.3 is 6.18 Å². The normalized spacial score (nSPS) is 11.4. The summed E-state index contributed by atoms with van der Waals surface area (Å²) in [7, 11) is 0. The highest BCUT2D eigenvalue weighted by Gasteiger charge is 2.35. The number of nitro groups is 1. The van der Waals surface area contributed by atoms with Crippen molar-refractivity contribution in [2.45, 2.75) is 6.18 Å². The van der Waals surface area contributed by atoms with Crippen LogP contribution in [0.3, 0.4) is 0 Å². The topological polar surface area (TPSA) is 81.0 Å². The lowest BCUT2D eigenvalue weighted by atomic mass is 10.1. The van der Waals surface area contributed by atoms with Crippen LogP contribution in [0.25, 0.3) is 0 Å². The number of nitro benzene ring substituents is 1. The lowest BCUT2D eigenvalue weighted by Gasteiger charge is -2.14. The summed E-state index contributed by atoms with van der Waals surface area (Å²) in [6.07, 6.45) is -5.03. The molecule has 0 bridgehead atoms. The first-order valence-electron chi connectivity index (χ1n) is 5.61. The van der Waals surface area contributed by atoms with Crippen molar-refractivity contribution in [3.63, 3.8) is 0 Å². The first kappa shape index (κ1) is 16.5. The van der Waals surface area contributed by atoms with Gasteiger partial charge in [-0.25, -0.2) is 0 Å². The molecule has 0 aliphatic rings. The minimum Gasteiger partial charge on any atom is -0.336 e. The van der Waals surface area contributed by atoms with E-state index in [1.54, 1.807) is 5.32 Å². The molecule has 0 amide bonds. The molecule has 1 heterocycles. The molecule has 0 saturated carbocycles. The third-order valence-corrected chi connectivity index (χ3v) is 2.54. The van der Waals surface area contributed by atoms with Crippen LogP contribution < -0.4 is 5.32 Å². The fourth-order valence-electron chi connectivity index (χ4n) is 1.57. The van der Waals surface area contributed by atoms with Gasteiger partial charge in [-0.15, -0.1) is 0 Å². The van der Waals surface area contributed by atoms with Gasteiger partial charge in [0, 0.05) is 12.1 Å². The molecule has 12 heteroatoms. The van der Waals surface area contributed by atoms with Gasteiger partial charge in [0.2, 0.25) is 0 Å². The molecule has 2 aromatic rings. The Kier molecular flexibility index (Phi) is 4.08. The number of alkyl halides is 3. The number of hydrogen-bond donors (Lipinski definition) is 1. The SMILES string of the molecule is O=[N+]([O-])c1ccc(Nc2nc(F)c(F)nc2F)c(C(F)(F)F)c1. The number of non-ortho nitro benzene ring substituents is 1. The van der Waals surface area contributed by atoms with Crippen LogP contribution in [-0.2, 0) is 6.18 Å². The minimum atomic E-state index is -5.03. The van der Waals surface area contributed by atoms with E-state index in [2.05, 4.69) is 9.97 Å². The van der Waals surface area contributed by atoms with Crippen molar-refractivity contribution in [1.82, 2.24) is 9.97 Å². The van der Waals surface area contributed by atoms with Crippen molar-refractivity contribution in [3.05, 3.63) is 51.7 Å². The van der Waals surface area contributed by atoms with Gasteiger partial charge in [-0.2, -0.15) is 36.3 Å². The zero-order chi connectivity index (χ0) is 17.4. The predicted molar refractivity (Wildman–Crippen MR) is 63.3 cm³/mol. The second-order valence-corrected chi connectivity index (χ2v) is 4.05. The van der Waals surface area contributed by atoms with E-state index in [0.29, 0.717) is 12.1 Å². The lowest BCUT2D eigenvalue weighted by molar-refractivity contribution is -0.385. The van der Waals surface area contributed by atoms with Crippen LogP contribution >= 0.6 is 0 Å². The summed E-state index contributed by atoms with van der Waals surface area (Å²) in [6, 6.07) is 1.54. The standard InChI is InChI=1S/C11H4F6N4O2/c12-7-8(13)20-10(9(14)19-7)18-6-2-1-4(21(22)23)3-5(6)11(15,16)17/h1-3H,(H,18,20). The van der Waals surface area contributed by atoms with Crippen molar-refractivity contribution in [2.75, 3.05) is 5.32 Å². The number of aromatic nitrogens is 2. The predicted octanol–water partition coefficient (Wildman–Crippen LogP) is 3.56. The molecule has 6 nitrogen and oxygen atoms in total. The van der Waals surface area contributed by atoms with Crippen molar-refractivity contribution in [2.24, 2.45) is 0 Å². The molecule has 0 radical (unpaired) electrons. The van der Waals surface area contributed by atoms with Gasteiger partial charge in [-0.05, 0) is 6.07 Å². The average Bonchev–Trinajstić information content (AvgIpc) is 2.43. The maximum absolute atomic E-state index is 13.3. The van der Waals surface area contributed by atoms with E-state index in [9.17, 15) is 36.5 Å². The molecular formula is C11H4F6N4O2. The largest absolute Gasteiger partial charge is 0.418 e. The van der Waals surface area contributed by atoms with E-state index in [-0.39, 0.29) is 6.07 Å². The van der Waals surface area contributed by atoms with Crippen LogP contribution in [-0.4, -0.2) is 14.9 Å². The average molecular weight is 338 g/mol. The zero-order valence-electron chi connectivity index (χ0n) is 10.7. The highest BCUT2D eigenvalue weighted by Crippen LogP contribution is 2.38. The second kappa shape index (κ2) is 5.70. The molecular weight excluding hydrogens is 334 g/mol. The number of halogens is 6. The van der Waals surface area contributed by atoms with Gasteiger partial charge in [-0.3, -0.25) is 10.1 Å². The van der Waals surface area contributed by atoms with Crippen LogP contribution in [0.5, 0.6) is 0 Å². The highest BCUT2D eigenvalue weighted by molar-refractivity contribution is 5.63. The smallest absolute Gasteiger partial charge is 0.336 e. The Morgan fingerprint density at radius 2 is 1.65 bits per heavy atom. The van der Waals surface area contributed by atoms with Crippen LogP contribution in [0.2, 0.25) is 0 Å². The minimum absolute atomic E-state index is 0.202. The van der Waals surface area contributed by atoms with Crippen molar-refractivity contribution >= 4 is 17.2 Å².